The van der Waals surface area contributed by atoms with Crippen molar-refractivity contribution >= 4 is 5.69 Å². The molecule has 0 aliphatic rings. The molecule has 1 aromatic carbocycles. The number of hydrogen-bond donors (Lipinski definition) is 1. The van der Waals surface area contributed by atoms with Gasteiger partial charge in [0, 0.05) is 32.4 Å². The van der Waals surface area contributed by atoms with Crippen LogP contribution in [0.4, 0.5) is 10.1 Å². The molecule has 18 heavy (non-hydrogen) atoms. The molecule has 1 atom stereocenters. The maximum Gasteiger partial charge on any atom is 0.123 e. The third kappa shape index (κ3) is 3.96. The Kier molecular flexibility index (Phi) is 6.09. The molecule has 0 amide bonds. The highest BCUT2D eigenvalue weighted by molar-refractivity contribution is 5.54. The molecular weight excluding hydrogens is 231 g/mol. The van der Waals surface area contributed by atoms with E-state index in [0.717, 1.165) is 17.8 Å². The summed E-state index contributed by atoms with van der Waals surface area (Å²) in [6, 6.07) is 5.17. The maximum atomic E-state index is 13.3. The zero-order valence-corrected chi connectivity index (χ0v) is 11.7. The van der Waals surface area contributed by atoms with Crippen molar-refractivity contribution in [2.75, 3.05) is 32.2 Å². The highest BCUT2D eigenvalue weighted by Crippen LogP contribution is 2.22. The average molecular weight is 254 g/mol. The third-order valence-electron chi connectivity index (χ3n) is 3.06. The van der Waals surface area contributed by atoms with E-state index in [9.17, 15) is 4.39 Å². The molecule has 1 aromatic rings. The zero-order valence-electron chi connectivity index (χ0n) is 11.7. The Bertz CT molecular complexity index is 371. The van der Waals surface area contributed by atoms with Crippen molar-refractivity contribution in [1.82, 2.24) is 5.32 Å². The summed E-state index contributed by atoms with van der Waals surface area (Å²) in [5.41, 5.74) is 2.02. The summed E-state index contributed by atoms with van der Waals surface area (Å²) in [6.45, 7) is 6.32. The normalized spacial score (nSPS) is 12.5. The van der Waals surface area contributed by atoms with E-state index < -0.39 is 0 Å². The van der Waals surface area contributed by atoms with Gasteiger partial charge in [0.2, 0.25) is 0 Å². The number of nitrogens with one attached hydrogen (secondary N) is 1. The molecule has 102 valence electrons. The first kappa shape index (κ1) is 14.9. The van der Waals surface area contributed by atoms with Crippen LogP contribution in [-0.2, 0) is 11.3 Å². The molecule has 0 heterocycles. The van der Waals surface area contributed by atoms with Gasteiger partial charge in [0.05, 0.1) is 6.61 Å². The number of anilines is 1. The highest BCUT2D eigenvalue weighted by Gasteiger charge is 2.13. The Labute approximate surface area is 109 Å². The summed E-state index contributed by atoms with van der Waals surface area (Å²) in [7, 11) is 3.70. The number of rotatable bonds is 7. The van der Waals surface area contributed by atoms with Gasteiger partial charge in [-0.2, -0.15) is 0 Å². The molecular formula is C14H23FN2O. The van der Waals surface area contributed by atoms with Gasteiger partial charge >= 0.3 is 0 Å². The molecule has 0 aliphatic heterocycles. The lowest BCUT2D eigenvalue weighted by Crippen LogP contribution is -2.33. The highest BCUT2D eigenvalue weighted by atomic mass is 19.1. The lowest BCUT2D eigenvalue weighted by atomic mass is 10.1. The zero-order chi connectivity index (χ0) is 13.5. The Morgan fingerprint density at radius 2 is 2.17 bits per heavy atom. The maximum absolute atomic E-state index is 13.3. The van der Waals surface area contributed by atoms with E-state index in [1.54, 1.807) is 13.2 Å². The largest absolute Gasteiger partial charge is 0.383 e. The van der Waals surface area contributed by atoms with Crippen molar-refractivity contribution in [3.05, 3.63) is 29.6 Å². The standard InChI is InChI=1S/C14H23FN2O/c1-5-16-9-12-8-13(15)6-7-14(12)17(3)11(2)10-18-4/h6-8,11,16H,5,9-10H2,1-4H3. The van der Waals surface area contributed by atoms with Crippen LogP contribution in [0.25, 0.3) is 0 Å². The van der Waals surface area contributed by atoms with Gasteiger partial charge in [-0.1, -0.05) is 6.92 Å². The Morgan fingerprint density at radius 3 is 2.78 bits per heavy atom. The van der Waals surface area contributed by atoms with Gasteiger partial charge in [0.25, 0.3) is 0 Å². The van der Waals surface area contributed by atoms with E-state index >= 15 is 0 Å². The van der Waals surface area contributed by atoms with E-state index in [4.69, 9.17) is 4.74 Å². The van der Waals surface area contributed by atoms with E-state index in [1.807, 2.05) is 20.0 Å². The van der Waals surface area contributed by atoms with Crippen LogP contribution in [0, 0.1) is 5.82 Å². The second-order valence-corrected chi connectivity index (χ2v) is 4.47. The van der Waals surface area contributed by atoms with Gasteiger partial charge in [-0.05, 0) is 37.2 Å². The number of nitrogens with zero attached hydrogens (tertiary/aromatic N) is 1. The van der Waals surface area contributed by atoms with Crippen molar-refractivity contribution in [2.24, 2.45) is 0 Å². The fourth-order valence-corrected chi connectivity index (χ4v) is 1.89. The fraction of sp³-hybridized carbons (Fsp3) is 0.571. The molecule has 1 rings (SSSR count). The van der Waals surface area contributed by atoms with E-state index in [-0.39, 0.29) is 11.9 Å². The van der Waals surface area contributed by atoms with Crippen LogP contribution >= 0.6 is 0 Å². The van der Waals surface area contributed by atoms with Crippen LogP contribution in [-0.4, -0.2) is 33.4 Å². The minimum absolute atomic E-state index is 0.195. The molecule has 4 heteroatoms. The molecule has 0 spiro atoms. The summed E-state index contributed by atoms with van der Waals surface area (Å²) >= 11 is 0. The minimum Gasteiger partial charge on any atom is -0.383 e. The predicted molar refractivity (Wildman–Crippen MR) is 73.5 cm³/mol. The smallest absolute Gasteiger partial charge is 0.123 e. The first-order valence-electron chi connectivity index (χ1n) is 6.31. The van der Waals surface area contributed by atoms with Crippen molar-refractivity contribution in [2.45, 2.75) is 26.4 Å². The topological polar surface area (TPSA) is 24.5 Å². The molecule has 0 radical (unpaired) electrons. The Hall–Kier alpha value is -1.13. The molecule has 0 fully saturated rings. The van der Waals surface area contributed by atoms with Crippen molar-refractivity contribution in [1.29, 1.82) is 0 Å². The fourth-order valence-electron chi connectivity index (χ4n) is 1.89. The van der Waals surface area contributed by atoms with Gasteiger partial charge in [-0.15, -0.1) is 0 Å². The van der Waals surface area contributed by atoms with Crippen molar-refractivity contribution in [3.8, 4) is 0 Å². The number of halogens is 1. The number of methoxy groups -OCH3 is 1. The summed E-state index contributed by atoms with van der Waals surface area (Å²) in [6.07, 6.45) is 0. The number of ether oxygens (including phenoxy) is 1. The van der Waals surface area contributed by atoms with E-state index in [2.05, 4.69) is 17.1 Å². The van der Waals surface area contributed by atoms with Gasteiger partial charge < -0.3 is 15.0 Å². The van der Waals surface area contributed by atoms with Crippen LogP contribution < -0.4 is 10.2 Å². The second-order valence-electron chi connectivity index (χ2n) is 4.47. The molecule has 0 aliphatic carbocycles. The lowest BCUT2D eigenvalue weighted by molar-refractivity contribution is 0.183. The Balaban J connectivity index is 2.91. The summed E-state index contributed by atoms with van der Waals surface area (Å²) in [5.74, 6) is -0.195. The van der Waals surface area contributed by atoms with Crippen LogP contribution in [0.3, 0.4) is 0 Å². The quantitative estimate of drug-likeness (QED) is 0.808. The van der Waals surface area contributed by atoms with Crippen LogP contribution in [0.5, 0.6) is 0 Å². The lowest BCUT2D eigenvalue weighted by Gasteiger charge is -2.28. The predicted octanol–water partition coefficient (Wildman–Crippen LogP) is 2.41. The second kappa shape index (κ2) is 7.34. The van der Waals surface area contributed by atoms with Gasteiger partial charge in [-0.3, -0.25) is 0 Å². The minimum atomic E-state index is -0.195. The SMILES string of the molecule is CCNCc1cc(F)ccc1N(C)C(C)COC. The van der Waals surface area contributed by atoms with E-state index in [1.165, 1.54) is 6.07 Å². The number of hydrogen-bond acceptors (Lipinski definition) is 3. The number of likely N-dealkylation sites (N-methyl/N-ethyl adjacent to an activating group) is 1. The summed E-state index contributed by atoms with van der Waals surface area (Å²) in [5, 5.41) is 3.23. The van der Waals surface area contributed by atoms with Crippen molar-refractivity contribution in [3.63, 3.8) is 0 Å². The molecule has 0 saturated carbocycles. The van der Waals surface area contributed by atoms with Gasteiger partial charge in [-0.25, -0.2) is 4.39 Å². The molecule has 3 nitrogen and oxygen atoms in total. The van der Waals surface area contributed by atoms with Crippen LogP contribution in [0.15, 0.2) is 18.2 Å². The van der Waals surface area contributed by atoms with E-state index in [0.29, 0.717) is 13.2 Å². The Morgan fingerprint density at radius 1 is 1.44 bits per heavy atom. The van der Waals surface area contributed by atoms with Gasteiger partial charge in [0.1, 0.15) is 5.82 Å². The van der Waals surface area contributed by atoms with Crippen LogP contribution in [0.2, 0.25) is 0 Å². The first-order valence-corrected chi connectivity index (χ1v) is 6.31. The number of benzene rings is 1. The molecule has 0 bridgehead atoms. The van der Waals surface area contributed by atoms with Crippen molar-refractivity contribution < 1.29 is 9.13 Å². The van der Waals surface area contributed by atoms with Gasteiger partial charge in [0.15, 0.2) is 0 Å². The molecule has 0 aromatic heterocycles. The average Bonchev–Trinajstić information content (AvgIpc) is 2.36. The monoisotopic (exact) mass is 254 g/mol. The van der Waals surface area contributed by atoms with Crippen LogP contribution in [0.1, 0.15) is 19.4 Å². The summed E-state index contributed by atoms with van der Waals surface area (Å²) in [4.78, 5) is 2.12. The third-order valence-corrected chi connectivity index (χ3v) is 3.06. The molecule has 1 N–H and O–H groups in total. The molecule has 1 unspecified atom stereocenters. The first-order chi connectivity index (χ1) is 8.60. The molecule has 0 saturated heterocycles. The summed E-state index contributed by atoms with van der Waals surface area (Å²) < 4.78 is 18.5.